The lowest BCUT2D eigenvalue weighted by Gasteiger charge is -2.19. The molecule has 0 atom stereocenters. The van der Waals surface area contributed by atoms with E-state index in [4.69, 9.17) is 9.47 Å². The number of hydrogen-bond acceptors (Lipinski definition) is 5. The van der Waals surface area contributed by atoms with Gasteiger partial charge in [0.1, 0.15) is 17.0 Å². The van der Waals surface area contributed by atoms with Crippen LogP contribution in [0.15, 0.2) is 42.5 Å². The van der Waals surface area contributed by atoms with Crippen molar-refractivity contribution in [3.05, 3.63) is 70.5 Å². The van der Waals surface area contributed by atoms with E-state index in [1.165, 1.54) is 16.9 Å². The molecule has 0 aliphatic carbocycles. The predicted octanol–water partition coefficient (Wildman–Crippen LogP) is 5.79. The van der Waals surface area contributed by atoms with Crippen molar-refractivity contribution in [1.29, 1.82) is 0 Å². The van der Waals surface area contributed by atoms with Gasteiger partial charge in [0.05, 0.1) is 16.9 Å². The van der Waals surface area contributed by atoms with Gasteiger partial charge >= 0.3 is 12.1 Å². The summed E-state index contributed by atoms with van der Waals surface area (Å²) in [7, 11) is 0. The number of carbonyl (C=O) groups is 1. The molecule has 0 fully saturated rings. The van der Waals surface area contributed by atoms with Crippen LogP contribution in [0.25, 0.3) is 17.8 Å². The second kappa shape index (κ2) is 9.70. The first-order valence-corrected chi connectivity index (χ1v) is 10.6. The Kier molecular flexibility index (Phi) is 7.14. The van der Waals surface area contributed by atoms with Gasteiger partial charge in [-0.1, -0.05) is 12.1 Å². The summed E-state index contributed by atoms with van der Waals surface area (Å²) in [5.74, 6) is 0.134. The molecular weight excluding hydrogens is 447 g/mol. The standard InChI is InChI=1S/C25H26F3N3O3/c1-16-14-18(7-13-22(16)33-15-23(32)34-24(3,4)5)6-12-21-17(2)29-31(30-21)20-10-8-19(9-11-20)25(26,27)28/h6-14H,15H2,1-5H3. The van der Waals surface area contributed by atoms with Gasteiger partial charge in [0, 0.05) is 0 Å². The molecule has 0 N–H and O–H groups in total. The number of aryl methyl sites for hydroxylation is 2. The van der Waals surface area contributed by atoms with Crippen LogP contribution in [-0.2, 0) is 15.7 Å². The average Bonchev–Trinajstić information content (AvgIpc) is 3.10. The largest absolute Gasteiger partial charge is 0.482 e. The topological polar surface area (TPSA) is 66.2 Å². The number of ether oxygens (including phenoxy) is 2. The maximum absolute atomic E-state index is 12.8. The average molecular weight is 473 g/mol. The number of halogens is 3. The van der Waals surface area contributed by atoms with Crippen molar-refractivity contribution in [2.24, 2.45) is 0 Å². The summed E-state index contributed by atoms with van der Waals surface area (Å²) in [5, 5.41) is 8.66. The zero-order valence-electron chi connectivity index (χ0n) is 19.6. The number of alkyl halides is 3. The Morgan fingerprint density at radius 3 is 2.26 bits per heavy atom. The van der Waals surface area contributed by atoms with E-state index in [2.05, 4.69) is 10.2 Å². The summed E-state index contributed by atoms with van der Waals surface area (Å²) in [5.41, 5.74) is 2.07. The third-order valence-corrected chi connectivity index (χ3v) is 4.64. The Morgan fingerprint density at radius 1 is 1.00 bits per heavy atom. The van der Waals surface area contributed by atoms with Crippen molar-refractivity contribution in [1.82, 2.24) is 15.0 Å². The number of hydrogen-bond donors (Lipinski definition) is 0. The number of rotatable bonds is 6. The summed E-state index contributed by atoms with van der Waals surface area (Å²) in [6, 6.07) is 10.2. The van der Waals surface area contributed by atoms with E-state index in [1.807, 2.05) is 25.1 Å². The molecule has 180 valence electrons. The molecule has 0 unspecified atom stereocenters. The highest BCUT2D eigenvalue weighted by atomic mass is 19.4. The maximum atomic E-state index is 12.8. The third-order valence-electron chi connectivity index (χ3n) is 4.64. The van der Waals surface area contributed by atoms with Crippen molar-refractivity contribution >= 4 is 18.1 Å². The SMILES string of the molecule is Cc1cc(C=Cc2nn(-c3ccc(C(F)(F)F)cc3)nc2C)ccc1OCC(=O)OC(C)(C)C. The van der Waals surface area contributed by atoms with Gasteiger partial charge in [0.25, 0.3) is 0 Å². The zero-order chi connectivity index (χ0) is 25.1. The first kappa shape index (κ1) is 25.0. The number of benzene rings is 2. The fraction of sp³-hybridized carbons (Fsp3) is 0.320. The van der Waals surface area contributed by atoms with Gasteiger partial charge in [-0.2, -0.15) is 23.1 Å². The Labute approximate surface area is 196 Å². The number of esters is 1. The molecule has 0 radical (unpaired) electrons. The summed E-state index contributed by atoms with van der Waals surface area (Å²) in [6.07, 6.45) is -0.772. The smallest absolute Gasteiger partial charge is 0.416 e. The van der Waals surface area contributed by atoms with E-state index in [9.17, 15) is 18.0 Å². The highest BCUT2D eigenvalue weighted by molar-refractivity contribution is 5.72. The Balaban J connectivity index is 1.68. The van der Waals surface area contributed by atoms with Crippen LogP contribution in [0.3, 0.4) is 0 Å². The fourth-order valence-corrected chi connectivity index (χ4v) is 3.06. The molecule has 0 amide bonds. The number of nitrogens with zero attached hydrogens (tertiary/aromatic N) is 3. The van der Waals surface area contributed by atoms with Gasteiger partial charge in [0.2, 0.25) is 0 Å². The van der Waals surface area contributed by atoms with Crippen LogP contribution in [0.1, 0.15) is 48.8 Å². The lowest BCUT2D eigenvalue weighted by atomic mass is 10.1. The van der Waals surface area contributed by atoms with Crippen molar-refractivity contribution < 1.29 is 27.4 Å². The van der Waals surface area contributed by atoms with Crippen LogP contribution in [0.5, 0.6) is 5.75 Å². The number of aromatic nitrogens is 3. The number of carbonyl (C=O) groups excluding carboxylic acids is 1. The normalized spacial score (nSPS) is 12.2. The summed E-state index contributed by atoms with van der Waals surface area (Å²) >= 11 is 0. The van der Waals surface area contributed by atoms with Gasteiger partial charge < -0.3 is 9.47 Å². The predicted molar refractivity (Wildman–Crippen MR) is 123 cm³/mol. The highest BCUT2D eigenvalue weighted by Crippen LogP contribution is 2.29. The molecule has 0 spiro atoms. The van der Waals surface area contributed by atoms with Crippen LogP contribution in [-0.4, -0.2) is 33.2 Å². The van der Waals surface area contributed by atoms with Crippen LogP contribution >= 0.6 is 0 Å². The lowest BCUT2D eigenvalue weighted by Crippen LogP contribution is -2.27. The summed E-state index contributed by atoms with van der Waals surface area (Å²) < 4.78 is 49.1. The monoisotopic (exact) mass is 473 g/mol. The molecule has 6 nitrogen and oxygen atoms in total. The van der Waals surface area contributed by atoms with Crippen molar-refractivity contribution in [3.63, 3.8) is 0 Å². The molecule has 2 aromatic carbocycles. The van der Waals surface area contributed by atoms with Crippen molar-refractivity contribution in [2.45, 2.75) is 46.4 Å². The minimum atomic E-state index is -4.39. The Morgan fingerprint density at radius 2 is 1.68 bits per heavy atom. The first-order chi connectivity index (χ1) is 15.8. The lowest BCUT2D eigenvalue weighted by molar-refractivity contribution is -0.157. The molecule has 34 heavy (non-hydrogen) atoms. The van der Waals surface area contributed by atoms with E-state index >= 15 is 0 Å². The van der Waals surface area contributed by atoms with Gasteiger partial charge in [-0.25, -0.2) is 4.79 Å². The Bertz CT molecular complexity index is 1190. The van der Waals surface area contributed by atoms with Gasteiger partial charge in [-0.05, 0) is 88.2 Å². The molecule has 3 aromatic rings. The van der Waals surface area contributed by atoms with Crippen LogP contribution in [0.4, 0.5) is 13.2 Å². The second-order valence-corrected chi connectivity index (χ2v) is 8.74. The van der Waals surface area contributed by atoms with E-state index in [0.717, 1.165) is 23.3 Å². The van der Waals surface area contributed by atoms with Crippen molar-refractivity contribution in [2.75, 3.05) is 6.61 Å². The molecular formula is C25H26F3N3O3. The minimum Gasteiger partial charge on any atom is -0.482 e. The molecule has 1 heterocycles. The molecule has 3 rings (SSSR count). The molecule has 0 bridgehead atoms. The van der Waals surface area contributed by atoms with Gasteiger partial charge in [0.15, 0.2) is 6.61 Å². The minimum absolute atomic E-state index is 0.181. The van der Waals surface area contributed by atoms with Crippen molar-refractivity contribution in [3.8, 4) is 11.4 Å². The Hall–Kier alpha value is -3.62. The zero-order valence-corrected chi connectivity index (χ0v) is 19.6. The van der Waals surface area contributed by atoms with Crippen LogP contribution < -0.4 is 4.74 Å². The third kappa shape index (κ3) is 6.69. The molecule has 0 aliphatic heterocycles. The highest BCUT2D eigenvalue weighted by Gasteiger charge is 2.30. The maximum Gasteiger partial charge on any atom is 0.416 e. The molecule has 0 saturated carbocycles. The second-order valence-electron chi connectivity index (χ2n) is 8.74. The summed E-state index contributed by atoms with van der Waals surface area (Å²) in [6.45, 7) is 8.84. The molecule has 1 aromatic heterocycles. The van der Waals surface area contributed by atoms with Crippen LogP contribution in [0.2, 0.25) is 0 Å². The van der Waals surface area contributed by atoms with Crippen LogP contribution in [0, 0.1) is 13.8 Å². The van der Waals surface area contributed by atoms with E-state index in [-0.39, 0.29) is 6.61 Å². The van der Waals surface area contributed by atoms with Gasteiger partial charge in [-0.15, -0.1) is 5.10 Å². The van der Waals surface area contributed by atoms with E-state index in [0.29, 0.717) is 22.8 Å². The first-order valence-electron chi connectivity index (χ1n) is 10.6. The summed E-state index contributed by atoms with van der Waals surface area (Å²) in [4.78, 5) is 13.1. The quantitative estimate of drug-likeness (QED) is 0.424. The van der Waals surface area contributed by atoms with E-state index in [1.54, 1.807) is 39.8 Å². The van der Waals surface area contributed by atoms with E-state index < -0.39 is 23.3 Å². The molecule has 9 heteroatoms. The molecule has 0 aliphatic rings. The fourth-order valence-electron chi connectivity index (χ4n) is 3.06. The van der Waals surface area contributed by atoms with Gasteiger partial charge in [-0.3, -0.25) is 0 Å². The molecule has 0 saturated heterocycles.